The van der Waals surface area contributed by atoms with E-state index in [0.29, 0.717) is 5.92 Å². The fourth-order valence-corrected chi connectivity index (χ4v) is 1.78. The second kappa shape index (κ2) is 4.31. The van der Waals surface area contributed by atoms with Gasteiger partial charge in [0.25, 0.3) is 0 Å². The number of rotatable bonds is 2. The summed E-state index contributed by atoms with van der Waals surface area (Å²) in [6.07, 6.45) is -2.45. The first-order valence-electron chi connectivity index (χ1n) is 4.77. The van der Waals surface area contributed by atoms with Crippen LogP contribution in [0.5, 0.6) is 0 Å². The molecule has 2 atom stereocenters. The van der Waals surface area contributed by atoms with Crippen molar-refractivity contribution in [1.82, 2.24) is 5.32 Å². The molecule has 0 amide bonds. The van der Waals surface area contributed by atoms with E-state index in [1.807, 2.05) is 0 Å². The van der Waals surface area contributed by atoms with Crippen molar-refractivity contribution in [3.8, 4) is 0 Å². The molecular formula is C9H16F3N. The van der Waals surface area contributed by atoms with E-state index in [9.17, 15) is 13.2 Å². The van der Waals surface area contributed by atoms with Gasteiger partial charge in [-0.15, -0.1) is 0 Å². The minimum Gasteiger partial charge on any atom is -0.314 e. The first-order chi connectivity index (χ1) is 5.97. The molecule has 0 aromatic rings. The van der Waals surface area contributed by atoms with Crippen LogP contribution in [-0.2, 0) is 0 Å². The van der Waals surface area contributed by atoms with E-state index < -0.39 is 12.6 Å². The van der Waals surface area contributed by atoms with Gasteiger partial charge in [0.1, 0.15) is 0 Å². The number of hydrogen-bond donors (Lipinski definition) is 1. The summed E-state index contributed by atoms with van der Waals surface area (Å²) in [7, 11) is 0. The zero-order valence-electron chi connectivity index (χ0n) is 7.82. The zero-order valence-corrected chi connectivity index (χ0v) is 7.82. The van der Waals surface area contributed by atoms with Crippen LogP contribution in [0.2, 0.25) is 0 Å². The lowest BCUT2D eigenvalue weighted by atomic mass is 9.92. The molecule has 0 aliphatic carbocycles. The van der Waals surface area contributed by atoms with Gasteiger partial charge in [-0.05, 0) is 31.7 Å². The molecule has 1 aliphatic heterocycles. The van der Waals surface area contributed by atoms with E-state index in [2.05, 4.69) is 12.2 Å². The molecule has 13 heavy (non-hydrogen) atoms. The Morgan fingerprint density at radius 2 is 2.08 bits per heavy atom. The predicted molar refractivity (Wildman–Crippen MR) is 45.5 cm³/mol. The summed E-state index contributed by atoms with van der Waals surface area (Å²) in [5.41, 5.74) is 0. The summed E-state index contributed by atoms with van der Waals surface area (Å²) in [5.74, 6) is 0.569. The third-order valence-electron chi connectivity index (χ3n) is 2.53. The molecule has 1 saturated heterocycles. The average molecular weight is 195 g/mol. The molecule has 2 unspecified atom stereocenters. The van der Waals surface area contributed by atoms with Gasteiger partial charge in [-0.2, -0.15) is 13.2 Å². The van der Waals surface area contributed by atoms with E-state index in [1.54, 1.807) is 0 Å². The van der Waals surface area contributed by atoms with Crippen LogP contribution in [0.4, 0.5) is 13.2 Å². The number of alkyl halides is 3. The number of halogens is 3. The van der Waals surface area contributed by atoms with E-state index in [1.165, 1.54) is 0 Å². The van der Waals surface area contributed by atoms with E-state index in [-0.39, 0.29) is 12.5 Å². The van der Waals surface area contributed by atoms with Crippen LogP contribution >= 0.6 is 0 Å². The molecule has 1 fully saturated rings. The second-order valence-electron chi connectivity index (χ2n) is 3.93. The molecule has 1 rings (SSSR count). The summed E-state index contributed by atoms with van der Waals surface area (Å²) in [6, 6.07) is 0.0744. The highest BCUT2D eigenvalue weighted by molar-refractivity contribution is 4.76. The summed E-state index contributed by atoms with van der Waals surface area (Å²) in [4.78, 5) is 0. The normalized spacial score (nSPS) is 30.5. The van der Waals surface area contributed by atoms with Crippen LogP contribution in [0.1, 0.15) is 32.6 Å². The third kappa shape index (κ3) is 4.50. The molecule has 1 nitrogen and oxygen atoms in total. The smallest absolute Gasteiger partial charge is 0.314 e. The maximum absolute atomic E-state index is 11.9. The Labute approximate surface area is 76.7 Å². The van der Waals surface area contributed by atoms with Crippen molar-refractivity contribution in [3.63, 3.8) is 0 Å². The lowest BCUT2D eigenvalue weighted by Gasteiger charge is -2.28. The van der Waals surface area contributed by atoms with Gasteiger partial charge in [-0.1, -0.05) is 6.92 Å². The summed E-state index contributed by atoms with van der Waals surface area (Å²) in [6.45, 7) is 2.96. The fraction of sp³-hybridized carbons (Fsp3) is 1.00. The molecule has 4 heteroatoms. The van der Waals surface area contributed by atoms with Crippen LogP contribution in [0.3, 0.4) is 0 Å². The highest BCUT2D eigenvalue weighted by Gasteiger charge is 2.29. The lowest BCUT2D eigenvalue weighted by Crippen LogP contribution is -2.37. The fourth-order valence-electron chi connectivity index (χ4n) is 1.78. The minimum absolute atomic E-state index is 0.0744. The molecule has 0 aromatic carbocycles. The lowest BCUT2D eigenvalue weighted by molar-refractivity contribution is -0.137. The van der Waals surface area contributed by atoms with E-state index >= 15 is 0 Å². The maximum Gasteiger partial charge on any atom is 0.389 e. The SMILES string of the molecule is CC1CCNC(CCC(F)(F)F)C1. The van der Waals surface area contributed by atoms with Crippen molar-refractivity contribution in [3.05, 3.63) is 0 Å². The summed E-state index contributed by atoms with van der Waals surface area (Å²) in [5, 5.41) is 3.12. The van der Waals surface area contributed by atoms with E-state index in [4.69, 9.17) is 0 Å². The predicted octanol–water partition coefficient (Wildman–Crippen LogP) is 2.72. The molecule has 0 bridgehead atoms. The summed E-state index contributed by atoms with van der Waals surface area (Å²) < 4.78 is 35.6. The van der Waals surface area contributed by atoms with Crippen LogP contribution in [0, 0.1) is 5.92 Å². The van der Waals surface area contributed by atoms with Gasteiger partial charge in [-0.3, -0.25) is 0 Å². The first-order valence-corrected chi connectivity index (χ1v) is 4.77. The molecule has 0 aromatic heterocycles. The molecule has 0 spiro atoms. The quantitative estimate of drug-likeness (QED) is 0.714. The van der Waals surface area contributed by atoms with Crippen LogP contribution in [0.25, 0.3) is 0 Å². The molecule has 1 heterocycles. The molecule has 1 N–H and O–H groups in total. The maximum atomic E-state index is 11.9. The van der Waals surface area contributed by atoms with Gasteiger partial charge in [0.05, 0.1) is 0 Å². The number of piperidine rings is 1. The van der Waals surface area contributed by atoms with Crippen molar-refractivity contribution in [2.24, 2.45) is 5.92 Å². The Hall–Kier alpha value is -0.250. The Morgan fingerprint density at radius 1 is 1.38 bits per heavy atom. The molecular weight excluding hydrogens is 179 g/mol. The second-order valence-corrected chi connectivity index (χ2v) is 3.93. The van der Waals surface area contributed by atoms with Crippen molar-refractivity contribution < 1.29 is 13.2 Å². The van der Waals surface area contributed by atoms with Crippen molar-refractivity contribution in [1.29, 1.82) is 0 Å². The Kier molecular flexibility index (Phi) is 3.59. The Morgan fingerprint density at radius 3 is 2.62 bits per heavy atom. The first kappa shape index (κ1) is 10.8. The topological polar surface area (TPSA) is 12.0 Å². The zero-order chi connectivity index (χ0) is 9.90. The highest BCUT2D eigenvalue weighted by Crippen LogP contribution is 2.25. The standard InChI is InChI=1S/C9H16F3N/c1-7-3-5-13-8(6-7)2-4-9(10,11)12/h7-8,13H,2-6H2,1H3. The largest absolute Gasteiger partial charge is 0.389 e. The Balaban J connectivity index is 2.21. The van der Waals surface area contributed by atoms with Crippen LogP contribution in [-0.4, -0.2) is 18.8 Å². The molecule has 0 saturated carbocycles. The highest BCUT2D eigenvalue weighted by atomic mass is 19.4. The summed E-state index contributed by atoms with van der Waals surface area (Å²) >= 11 is 0. The third-order valence-corrected chi connectivity index (χ3v) is 2.53. The van der Waals surface area contributed by atoms with Gasteiger partial charge < -0.3 is 5.32 Å². The van der Waals surface area contributed by atoms with Gasteiger partial charge in [-0.25, -0.2) is 0 Å². The van der Waals surface area contributed by atoms with Crippen LogP contribution in [0.15, 0.2) is 0 Å². The monoisotopic (exact) mass is 195 g/mol. The number of hydrogen-bond acceptors (Lipinski definition) is 1. The van der Waals surface area contributed by atoms with Gasteiger partial charge in [0, 0.05) is 12.5 Å². The van der Waals surface area contributed by atoms with Crippen molar-refractivity contribution >= 4 is 0 Å². The average Bonchev–Trinajstić information content (AvgIpc) is 2.00. The minimum atomic E-state index is -4.00. The van der Waals surface area contributed by atoms with Gasteiger partial charge >= 0.3 is 6.18 Å². The molecule has 0 radical (unpaired) electrons. The Bertz CT molecular complexity index is 155. The molecule has 1 aliphatic rings. The van der Waals surface area contributed by atoms with E-state index in [0.717, 1.165) is 19.4 Å². The number of nitrogens with one attached hydrogen (secondary N) is 1. The van der Waals surface area contributed by atoms with Gasteiger partial charge in [0.2, 0.25) is 0 Å². The molecule has 78 valence electrons. The van der Waals surface area contributed by atoms with Crippen molar-refractivity contribution in [2.45, 2.75) is 44.8 Å². The van der Waals surface area contributed by atoms with Crippen molar-refractivity contribution in [2.75, 3.05) is 6.54 Å². The van der Waals surface area contributed by atoms with Crippen LogP contribution < -0.4 is 5.32 Å². The van der Waals surface area contributed by atoms with Gasteiger partial charge in [0.15, 0.2) is 0 Å².